The van der Waals surface area contributed by atoms with Crippen molar-refractivity contribution >= 4 is 21.9 Å². The van der Waals surface area contributed by atoms with Gasteiger partial charge in [0, 0.05) is 20.0 Å². The molecule has 88 valence electrons. The zero-order chi connectivity index (χ0) is 11.9. The number of sulfonamides is 1. The molecule has 0 aliphatic carbocycles. The van der Waals surface area contributed by atoms with Crippen LogP contribution in [-0.4, -0.2) is 46.3 Å². The zero-order valence-electron chi connectivity index (χ0n) is 8.44. The Balaban J connectivity index is 2.28. The van der Waals surface area contributed by atoms with Gasteiger partial charge in [0.25, 0.3) is 5.95 Å². The van der Waals surface area contributed by atoms with E-state index in [0.717, 1.165) is 0 Å². The average molecular weight is 246 g/mol. The zero-order valence-corrected chi connectivity index (χ0v) is 9.25. The lowest BCUT2D eigenvalue weighted by Crippen LogP contribution is -2.33. The molecule has 0 aromatic carbocycles. The maximum absolute atomic E-state index is 11.6. The third-order valence-electron chi connectivity index (χ3n) is 2.39. The molecule has 1 amide bonds. The van der Waals surface area contributed by atoms with E-state index in [1.807, 2.05) is 0 Å². The Hall–Kier alpha value is -1.55. The molecule has 2 N–H and O–H groups in total. The molecule has 1 aliphatic heterocycles. The molecule has 2 heterocycles. The second-order valence-corrected chi connectivity index (χ2v) is 5.37. The molecule has 0 bridgehead atoms. The van der Waals surface area contributed by atoms with Crippen molar-refractivity contribution in [2.45, 2.75) is 11.7 Å². The lowest BCUT2D eigenvalue weighted by atomic mass is 10.4. The molecule has 0 saturated carbocycles. The first-order valence-electron chi connectivity index (χ1n) is 4.44. The number of tetrazole rings is 1. The highest BCUT2D eigenvalue weighted by atomic mass is 32.2. The van der Waals surface area contributed by atoms with Crippen molar-refractivity contribution in [3.8, 4) is 0 Å². The molecule has 16 heavy (non-hydrogen) atoms. The number of amides is 1. The largest absolute Gasteiger partial charge is 0.278 e. The minimum Gasteiger partial charge on any atom is -0.278 e. The van der Waals surface area contributed by atoms with Gasteiger partial charge in [-0.1, -0.05) is 5.10 Å². The molecule has 1 atom stereocenters. The Bertz CT molecular complexity index is 522. The van der Waals surface area contributed by atoms with Gasteiger partial charge in [0.05, 0.1) is 0 Å². The molecular formula is C6H10N6O3S. The van der Waals surface area contributed by atoms with E-state index in [1.165, 1.54) is 9.58 Å². The van der Waals surface area contributed by atoms with Gasteiger partial charge in [0.15, 0.2) is 0 Å². The minimum absolute atomic E-state index is 0.00806. The van der Waals surface area contributed by atoms with E-state index in [-0.39, 0.29) is 24.8 Å². The number of carbonyl (C=O) groups excluding carboxylic acids is 1. The highest BCUT2D eigenvalue weighted by molar-refractivity contribution is 7.89. The smallest absolute Gasteiger partial charge is 0.251 e. The van der Waals surface area contributed by atoms with Crippen LogP contribution < -0.4 is 10.0 Å². The number of anilines is 1. The van der Waals surface area contributed by atoms with E-state index < -0.39 is 15.3 Å². The summed E-state index contributed by atoms with van der Waals surface area (Å²) < 4.78 is 23.5. The Kier molecular flexibility index (Phi) is 2.39. The van der Waals surface area contributed by atoms with E-state index in [0.29, 0.717) is 0 Å². The number of carbonyl (C=O) groups is 1. The molecule has 1 saturated heterocycles. The van der Waals surface area contributed by atoms with E-state index >= 15 is 0 Å². The van der Waals surface area contributed by atoms with E-state index in [4.69, 9.17) is 5.14 Å². The summed E-state index contributed by atoms with van der Waals surface area (Å²) in [5.74, 6) is -0.131. The van der Waals surface area contributed by atoms with Gasteiger partial charge in [0.1, 0.15) is 5.25 Å². The molecule has 10 heteroatoms. The van der Waals surface area contributed by atoms with Crippen LogP contribution in [0.25, 0.3) is 0 Å². The highest BCUT2D eigenvalue weighted by Crippen LogP contribution is 2.20. The van der Waals surface area contributed by atoms with E-state index in [9.17, 15) is 13.2 Å². The summed E-state index contributed by atoms with van der Waals surface area (Å²) in [7, 11) is -2.15. The quantitative estimate of drug-likeness (QED) is 0.620. The summed E-state index contributed by atoms with van der Waals surface area (Å²) in [4.78, 5) is 12.8. The fraction of sp³-hybridized carbons (Fsp3) is 0.667. The molecule has 1 unspecified atom stereocenters. The van der Waals surface area contributed by atoms with Crippen LogP contribution in [0.4, 0.5) is 5.95 Å². The van der Waals surface area contributed by atoms with Crippen molar-refractivity contribution in [1.29, 1.82) is 0 Å². The maximum Gasteiger partial charge on any atom is 0.251 e. The van der Waals surface area contributed by atoms with Crippen molar-refractivity contribution in [1.82, 2.24) is 20.2 Å². The fourth-order valence-electron chi connectivity index (χ4n) is 1.54. The lowest BCUT2D eigenvalue weighted by molar-refractivity contribution is -0.117. The molecule has 9 nitrogen and oxygen atoms in total. The summed E-state index contributed by atoms with van der Waals surface area (Å²) in [5.41, 5.74) is 0. The number of aromatic nitrogens is 4. The second-order valence-electron chi connectivity index (χ2n) is 3.52. The lowest BCUT2D eigenvalue weighted by Gasteiger charge is -2.12. The summed E-state index contributed by atoms with van der Waals surface area (Å²) in [6.07, 6.45) is -0.133. The van der Waals surface area contributed by atoms with Gasteiger partial charge in [-0.15, -0.1) is 0 Å². The predicted molar refractivity (Wildman–Crippen MR) is 52.7 cm³/mol. The number of primary sulfonamides is 1. The molecule has 1 aromatic heterocycles. The van der Waals surface area contributed by atoms with Gasteiger partial charge in [-0.2, -0.15) is 0 Å². The normalized spacial score (nSPS) is 21.8. The van der Waals surface area contributed by atoms with Crippen LogP contribution in [0.5, 0.6) is 0 Å². The number of hydrogen-bond acceptors (Lipinski definition) is 6. The molecule has 1 aliphatic rings. The van der Waals surface area contributed by atoms with Crippen LogP contribution in [0.2, 0.25) is 0 Å². The summed E-state index contributed by atoms with van der Waals surface area (Å²) in [6, 6.07) is 0. The first kappa shape index (κ1) is 11.0. The van der Waals surface area contributed by atoms with E-state index in [2.05, 4.69) is 15.5 Å². The van der Waals surface area contributed by atoms with Gasteiger partial charge < -0.3 is 0 Å². The Labute approximate surface area is 91.3 Å². The van der Waals surface area contributed by atoms with Crippen LogP contribution in [0.1, 0.15) is 6.42 Å². The second kappa shape index (κ2) is 3.49. The first-order chi connectivity index (χ1) is 7.39. The van der Waals surface area contributed by atoms with Crippen molar-refractivity contribution < 1.29 is 13.2 Å². The van der Waals surface area contributed by atoms with Gasteiger partial charge in [-0.05, 0) is 10.4 Å². The fourth-order valence-corrected chi connectivity index (χ4v) is 2.27. The Morgan fingerprint density at radius 2 is 2.19 bits per heavy atom. The number of nitrogens with two attached hydrogens (primary N) is 1. The molecule has 0 radical (unpaired) electrons. The van der Waals surface area contributed by atoms with Crippen molar-refractivity contribution in [2.24, 2.45) is 12.2 Å². The monoisotopic (exact) mass is 246 g/mol. The number of hydrogen-bond donors (Lipinski definition) is 1. The van der Waals surface area contributed by atoms with Crippen LogP contribution in [0, 0.1) is 0 Å². The summed E-state index contributed by atoms with van der Waals surface area (Å²) >= 11 is 0. The SMILES string of the molecule is Cn1nnnc1N1CC(S(N)(=O)=O)CC1=O. The molecule has 1 fully saturated rings. The first-order valence-corrected chi connectivity index (χ1v) is 6.05. The van der Waals surface area contributed by atoms with Crippen LogP contribution in [0.3, 0.4) is 0 Å². The molecule has 0 spiro atoms. The number of nitrogens with zero attached hydrogens (tertiary/aromatic N) is 5. The van der Waals surface area contributed by atoms with Gasteiger partial charge in [-0.3, -0.25) is 9.69 Å². The molecule has 2 rings (SSSR count). The van der Waals surface area contributed by atoms with Gasteiger partial charge >= 0.3 is 0 Å². The van der Waals surface area contributed by atoms with Crippen LogP contribution in [0.15, 0.2) is 0 Å². The Morgan fingerprint density at radius 1 is 1.50 bits per heavy atom. The summed E-state index contributed by atoms with van der Waals surface area (Å²) in [6.45, 7) is -0.00806. The van der Waals surface area contributed by atoms with Gasteiger partial charge in [0.2, 0.25) is 15.9 Å². The van der Waals surface area contributed by atoms with Crippen LogP contribution >= 0.6 is 0 Å². The van der Waals surface area contributed by atoms with Gasteiger partial charge in [-0.25, -0.2) is 18.2 Å². The molecule has 1 aromatic rings. The van der Waals surface area contributed by atoms with E-state index in [1.54, 1.807) is 7.05 Å². The number of aryl methyl sites for hydroxylation is 1. The molecular weight excluding hydrogens is 236 g/mol. The van der Waals surface area contributed by atoms with Crippen LogP contribution in [-0.2, 0) is 21.9 Å². The third kappa shape index (κ3) is 1.76. The third-order valence-corrected chi connectivity index (χ3v) is 3.64. The predicted octanol–water partition coefficient (Wildman–Crippen LogP) is -2.40. The van der Waals surface area contributed by atoms with Crippen molar-refractivity contribution in [3.63, 3.8) is 0 Å². The van der Waals surface area contributed by atoms with Crippen molar-refractivity contribution in [3.05, 3.63) is 0 Å². The number of rotatable bonds is 2. The average Bonchev–Trinajstić information content (AvgIpc) is 2.70. The minimum atomic E-state index is -3.71. The highest BCUT2D eigenvalue weighted by Gasteiger charge is 2.39. The summed E-state index contributed by atoms with van der Waals surface area (Å²) in [5, 5.41) is 14.7. The maximum atomic E-state index is 11.6. The standard InChI is InChI=1S/C6H10N6O3S/c1-11-6(8-9-10-11)12-3-4(2-5(12)13)16(7,14)15/h4H,2-3H2,1H3,(H2,7,14,15). The Morgan fingerprint density at radius 3 is 2.62 bits per heavy atom. The topological polar surface area (TPSA) is 124 Å². The van der Waals surface area contributed by atoms with Crippen molar-refractivity contribution in [2.75, 3.05) is 11.4 Å².